The fourth-order valence-electron chi connectivity index (χ4n) is 3.45. The number of nitrogens with one attached hydrogen (secondary N) is 1. The highest BCUT2D eigenvalue weighted by molar-refractivity contribution is 7.98. The zero-order valence-corrected chi connectivity index (χ0v) is 17.9. The molecule has 0 spiro atoms. The van der Waals surface area contributed by atoms with Crippen LogP contribution in [0.15, 0.2) is 65.7 Å². The van der Waals surface area contributed by atoms with Crippen molar-refractivity contribution >= 4 is 29.0 Å². The number of thioether (sulfide) groups is 1. The highest BCUT2D eigenvalue weighted by atomic mass is 32.2. The predicted octanol–water partition coefficient (Wildman–Crippen LogP) is 5.66. The molecule has 0 aliphatic carbocycles. The summed E-state index contributed by atoms with van der Waals surface area (Å²) in [5.41, 5.74) is 5.39. The van der Waals surface area contributed by atoms with Crippen molar-refractivity contribution in [3.63, 3.8) is 0 Å². The van der Waals surface area contributed by atoms with Gasteiger partial charge in [-0.3, -0.25) is 4.79 Å². The van der Waals surface area contributed by atoms with Crippen LogP contribution in [0.3, 0.4) is 0 Å². The topological polar surface area (TPSA) is 46.4 Å². The van der Waals surface area contributed by atoms with E-state index < -0.39 is 0 Å². The molecule has 0 atom stereocenters. The lowest BCUT2D eigenvalue weighted by Crippen LogP contribution is -2.16. The third-order valence-corrected chi connectivity index (χ3v) is 5.70. The largest absolute Gasteiger partial charge is 0.326 e. The Labute approximate surface area is 179 Å². The molecule has 0 radical (unpaired) electrons. The molecule has 2 heterocycles. The fourth-order valence-corrected chi connectivity index (χ4v) is 3.91. The van der Waals surface area contributed by atoms with Crippen molar-refractivity contribution < 1.29 is 9.18 Å². The first kappa shape index (κ1) is 20.2. The van der Waals surface area contributed by atoms with E-state index in [1.54, 1.807) is 30.8 Å². The Kier molecular flexibility index (Phi) is 5.59. The number of benzene rings is 2. The summed E-state index contributed by atoms with van der Waals surface area (Å²) in [5.74, 6) is -0.386. The van der Waals surface area contributed by atoms with E-state index in [2.05, 4.69) is 5.32 Å². The van der Waals surface area contributed by atoms with Gasteiger partial charge in [-0.05, 0) is 73.7 Å². The summed E-state index contributed by atoms with van der Waals surface area (Å²) in [6.45, 7) is 3.73. The zero-order chi connectivity index (χ0) is 21.3. The maximum atomic E-state index is 13.8. The van der Waals surface area contributed by atoms with E-state index in [1.807, 2.05) is 60.2 Å². The first-order valence-electron chi connectivity index (χ1n) is 9.62. The van der Waals surface area contributed by atoms with Crippen LogP contribution in [0.25, 0.3) is 16.9 Å². The van der Waals surface area contributed by atoms with E-state index in [0.717, 1.165) is 33.1 Å². The van der Waals surface area contributed by atoms with Gasteiger partial charge in [0.15, 0.2) is 0 Å². The predicted molar refractivity (Wildman–Crippen MR) is 121 cm³/mol. The minimum Gasteiger partial charge on any atom is -0.326 e. The van der Waals surface area contributed by atoms with Crippen LogP contribution in [0.4, 0.5) is 10.1 Å². The van der Waals surface area contributed by atoms with E-state index in [-0.39, 0.29) is 18.1 Å². The Hall–Kier alpha value is -3.12. The SMILES string of the molecule is CSc1cccc(NC(=O)Cc2c(-c3ccc(F)c(C)c3)nc3ccc(C)cn23)c1. The van der Waals surface area contributed by atoms with Crippen LogP contribution in [0.5, 0.6) is 0 Å². The monoisotopic (exact) mass is 419 g/mol. The summed E-state index contributed by atoms with van der Waals surface area (Å²) in [6, 6.07) is 16.6. The molecule has 6 heteroatoms. The van der Waals surface area contributed by atoms with Crippen molar-refractivity contribution in [3.05, 3.63) is 83.4 Å². The van der Waals surface area contributed by atoms with Crippen molar-refractivity contribution in [2.75, 3.05) is 11.6 Å². The highest BCUT2D eigenvalue weighted by Gasteiger charge is 2.18. The Morgan fingerprint density at radius 3 is 2.73 bits per heavy atom. The van der Waals surface area contributed by atoms with Gasteiger partial charge >= 0.3 is 0 Å². The summed E-state index contributed by atoms with van der Waals surface area (Å²) in [4.78, 5) is 18.7. The number of carbonyl (C=O) groups is 1. The normalized spacial score (nSPS) is 11.1. The lowest BCUT2D eigenvalue weighted by atomic mass is 10.1. The quantitative estimate of drug-likeness (QED) is 0.425. The number of halogens is 1. The molecule has 2 aromatic carbocycles. The molecule has 4 nitrogen and oxygen atoms in total. The van der Waals surface area contributed by atoms with Crippen molar-refractivity contribution in [1.29, 1.82) is 0 Å². The molecule has 0 bridgehead atoms. The van der Waals surface area contributed by atoms with Crippen LogP contribution in [0, 0.1) is 19.7 Å². The summed E-state index contributed by atoms with van der Waals surface area (Å²) in [5, 5.41) is 2.98. The van der Waals surface area contributed by atoms with Crippen molar-refractivity contribution in [2.24, 2.45) is 0 Å². The van der Waals surface area contributed by atoms with E-state index in [1.165, 1.54) is 6.07 Å². The van der Waals surface area contributed by atoms with E-state index >= 15 is 0 Å². The molecule has 0 fully saturated rings. The number of hydrogen-bond acceptors (Lipinski definition) is 3. The lowest BCUT2D eigenvalue weighted by molar-refractivity contribution is -0.115. The molecule has 0 aliphatic rings. The molecular formula is C24H22FN3OS. The molecule has 1 N–H and O–H groups in total. The molecule has 152 valence electrons. The van der Waals surface area contributed by atoms with Crippen LogP contribution in [-0.4, -0.2) is 21.5 Å². The van der Waals surface area contributed by atoms with Crippen LogP contribution >= 0.6 is 11.8 Å². The van der Waals surface area contributed by atoms with Gasteiger partial charge in [-0.25, -0.2) is 9.37 Å². The van der Waals surface area contributed by atoms with Gasteiger partial charge in [0, 0.05) is 22.3 Å². The Morgan fingerprint density at radius 2 is 1.97 bits per heavy atom. The maximum absolute atomic E-state index is 13.8. The van der Waals surface area contributed by atoms with Gasteiger partial charge in [-0.2, -0.15) is 0 Å². The highest BCUT2D eigenvalue weighted by Crippen LogP contribution is 2.27. The first-order valence-corrected chi connectivity index (χ1v) is 10.8. The number of anilines is 1. The molecule has 30 heavy (non-hydrogen) atoms. The Morgan fingerprint density at radius 1 is 1.13 bits per heavy atom. The lowest BCUT2D eigenvalue weighted by Gasteiger charge is -2.09. The number of aromatic nitrogens is 2. The second-order valence-corrected chi connectivity index (χ2v) is 8.14. The molecule has 0 saturated carbocycles. The van der Waals surface area contributed by atoms with Gasteiger partial charge < -0.3 is 9.72 Å². The van der Waals surface area contributed by atoms with Crippen molar-refractivity contribution in [3.8, 4) is 11.3 Å². The van der Waals surface area contributed by atoms with Gasteiger partial charge in [0.2, 0.25) is 5.91 Å². The van der Waals surface area contributed by atoms with Crippen LogP contribution in [-0.2, 0) is 11.2 Å². The Bertz CT molecular complexity index is 1250. The van der Waals surface area contributed by atoms with Crippen LogP contribution in [0.2, 0.25) is 0 Å². The number of carbonyl (C=O) groups excluding carboxylic acids is 1. The number of fused-ring (bicyclic) bond motifs is 1. The standard InChI is InChI=1S/C24H22FN3OS/c1-15-7-10-22-27-24(17-8-9-20(25)16(2)11-17)21(28(22)14-15)13-23(29)26-18-5-4-6-19(12-18)30-3/h4-12,14H,13H2,1-3H3,(H,26,29). The minimum atomic E-state index is -0.258. The zero-order valence-electron chi connectivity index (χ0n) is 17.1. The molecular weight excluding hydrogens is 397 g/mol. The van der Waals surface area contributed by atoms with Gasteiger partial charge in [0.1, 0.15) is 11.5 Å². The molecule has 1 amide bonds. The van der Waals surface area contributed by atoms with Gasteiger partial charge in [0.05, 0.1) is 17.8 Å². The number of imidazole rings is 1. The number of aryl methyl sites for hydroxylation is 2. The number of hydrogen-bond donors (Lipinski definition) is 1. The van der Waals surface area contributed by atoms with Crippen LogP contribution in [0.1, 0.15) is 16.8 Å². The fraction of sp³-hybridized carbons (Fsp3) is 0.167. The molecule has 0 aliphatic heterocycles. The number of rotatable bonds is 5. The van der Waals surface area contributed by atoms with Gasteiger partial charge in [-0.15, -0.1) is 11.8 Å². The summed E-state index contributed by atoms with van der Waals surface area (Å²) < 4.78 is 15.7. The summed E-state index contributed by atoms with van der Waals surface area (Å²) in [6.07, 6.45) is 4.12. The average Bonchev–Trinajstić information content (AvgIpc) is 3.07. The van der Waals surface area contributed by atoms with Gasteiger partial charge in [0.25, 0.3) is 0 Å². The van der Waals surface area contributed by atoms with Crippen LogP contribution < -0.4 is 5.32 Å². The molecule has 4 rings (SSSR count). The first-order chi connectivity index (χ1) is 14.4. The van der Waals surface area contributed by atoms with E-state index in [9.17, 15) is 9.18 Å². The van der Waals surface area contributed by atoms with Crippen molar-refractivity contribution in [1.82, 2.24) is 9.38 Å². The second kappa shape index (κ2) is 8.32. The van der Waals surface area contributed by atoms with Crippen molar-refractivity contribution in [2.45, 2.75) is 25.2 Å². The second-order valence-electron chi connectivity index (χ2n) is 7.26. The Balaban J connectivity index is 1.73. The van der Waals surface area contributed by atoms with E-state index in [4.69, 9.17) is 4.98 Å². The minimum absolute atomic E-state index is 0.128. The molecule has 2 aromatic heterocycles. The number of amides is 1. The third-order valence-electron chi connectivity index (χ3n) is 4.98. The summed E-state index contributed by atoms with van der Waals surface area (Å²) >= 11 is 1.63. The molecule has 0 saturated heterocycles. The maximum Gasteiger partial charge on any atom is 0.230 e. The summed E-state index contributed by atoms with van der Waals surface area (Å²) in [7, 11) is 0. The number of pyridine rings is 1. The molecule has 4 aromatic rings. The number of nitrogens with zero attached hydrogens (tertiary/aromatic N) is 2. The van der Waals surface area contributed by atoms with E-state index in [0.29, 0.717) is 11.3 Å². The van der Waals surface area contributed by atoms with Gasteiger partial charge in [-0.1, -0.05) is 12.1 Å². The third kappa shape index (κ3) is 4.09. The molecule has 0 unspecified atom stereocenters. The average molecular weight is 420 g/mol. The smallest absolute Gasteiger partial charge is 0.230 e.